The van der Waals surface area contributed by atoms with E-state index in [4.69, 9.17) is 9.47 Å². The maximum Gasteiger partial charge on any atom is 0.236 e. The molecule has 0 aliphatic carbocycles. The lowest BCUT2D eigenvalue weighted by Crippen LogP contribution is -2.53. The molecule has 2 aliphatic rings. The first-order chi connectivity index (χ1) is 16.6. The van der Waals surface area contributed by atoms with Gasteiger partial charge in [-0.2, -0.15) is 0 Å². The summed E-state index contributed by atoms with van der Waals surface area (Å²) in [6.45, 7) is 9.80. The third kappa shape index (κ3) is 6.72. The summed E-state index contributed by atoms with van der Waals surface area (Å²) in [5.41, 5.74) is 2.51. The number of ether oxygens (including phenoxy) is 2. The number of para-hydroxylation sites is 1. The Balaban J connectivity index is 1.15. The van der Waals surface area contributed by atoms with E-state index < -0.39 is 0 Å². The van der Waals surface area contributed by atoms with Crippen molar-refractivity contribution in [2.75, 3.05) is 79.7 Å². The molecule has 34 heavy (non-hydrogen) atoms. The molecule has 2 aromatic rings. The topological polar surface area (TPSA) is 48.5 Å². The first kappa shape index (κ1) is 24.5. The van der Waals surface area contributed by atoms with Gasteiger partial charge < -0.3 is 19.3 Å². The molecule has 4 rings (SSSR count). The van der Waals surface area contributed by atoms with Gasteiger partial charge in [0.2, 0.25) is 5.91 Å². The number of benzene rings is 2. The molecule has 7 nitrogen and oxygen atoms in total. The Labute approximate surface area is 203 Å². The molecule has 0 atom stereocenters. The van der Waals surface area contributed by atoms with Gasteiger partial charge in [0.1, 0.15) is 11.5 Å². The highest BCUT2D eigenvalue weighted by atomic mass is 16.5. The Morgan fingerprint density at radius 1 is 0.794 bits per heavy atom. The number of piperazine rings is 2. The first-order valence-corrected chi connectivity index (χ1v) is 12.3. The van der Waals surface area contributed by atoms with Crippen molar-refractivity contribution in [1.29, 1.82) is 0 Å². The second-order valence-electron chi connectivity index (χ2n) is 9.19. The minimum Gasteiger partial charge on any atom is -0.497 e. The van der Waals surface area contributed by atoms with Crippen molar-refractivity contribution in [2.24, 2.45) is 0 Å². The maximum absolute atomic E-state index is 12.9. The van der Waals surface area contributed by atoms with Gasteiger partial charge in [-0.15, -0.1) is 0 Å². The van der Waals surface area contributed by atoms with Crippen LogP contribution in [0.1, 0.15) is 11.1 Å². The SMILES string of the molecule is COc1cccc(CCN2CCN(CC(=O)N3CCN(Cc4ccccc4OC)CC3)CC2)c1. The van der Waals surface area contributed by atoms with Gasteiger partial charge in [-0.1, -0.05) is 30.3 Å². The molecule has 0 N–H and O–H groups in total. The van der Waals surface area contributed by atoms with Crippen molar-refractivity contribution in [3.05, 3.63) is 59.7 Å². The molecule has 0 saturated carbocycles. The summed E-state index contributed by atoms with van der Waals surface area (Å²) in [5, 5.41) is 0. The molecule has 7 heteroatoms. The van der Waals surface area contributed by atoms with Gasteiger partial charge >= 0.3 is 0 Å². The van der Waals surface area contributed by atoms with E-state index in [9.17, 15) is 4.79 Å². The van der Waals surface area contributed by atoms with E-state index in [1.54, 1.807) is 14.2 Å². The predicted octanol–water partition coefficient (Wildman–Crippen LogP) is 2.21. The van der Waals surface area contributed by atoms with Gasteiger partial charge in [-0.3, -0.25) is 14.6 Å². The van der Waals surface area contributed by atoms with Crippen molar-refractivity contribution < 1.29 is 14.3 Å². The highest BCUT2D eigenvalue weighted by Gasteiger charge is 2.25. The van der Waals surface area contributed by atoms with Crippen molar-refractivity contribution >= 4 is 5.91 Å². The van der Waals surface area contributed by atoms with E-state index in [1.165, 1.54) is 11.1 Å². The lowest BCUT2D eigenvalue weighted by atomic mass is 10.1. The number of rotatable bonds is 9. The van der Waals surface area contributed by atoms with Gasteiger partial charge in [-0.25, -0.2) is 0 Å². The first-order valence-electron chi connectivity index (χ1n) is 12.3. The molecule has 0 radical (unpaired) electrons. The number of carbonyl (C=O) groups excluding carboxylic acids is 1. The second-order valence-corrected chi connectivity index (χ2v) is 9.19. The molecular formula is C27H38N4O3. The normalized spacial score (nSPS) is 18.1. The lowest BCUT2D eigenvalue weighted by Gasteiger charge is -2.38. The zero-order valence-electron chi connectivity index (χ0n) is 20.6. The van der Waals surface area contributed by atoms with Crippen LogP contribution in [0.2, 0.25) is 0 Å². The van der Waals surface area contributed by atoms with E-state index in [0.717, 1.165) is 83.4 Å². The van der Waals surface area contributed by atoms with Crippen LogP contribution in [0.5, 0.6) is 11.5 Å². The monoisotopic (exact) mass is 466 g/mol. The summed E-state index contributed by atoms with van der Waals surface area (Å²) in [7, 11) is 3.43. The Hall–Kier alpha value is -2.61. The number of methoxy groups -OCH3 is 2. The third-order valence-corrected chi connectivity index (χ3v) is 6.99. The molecule has 2 aliphatic heterocycles. The van der Waals surface area contributed by atoms with E-state index >= 15 is 0 Å². The van der Waals surface area contributed by atoms with E-state index in [0.29, 0.717) is 6.54 Å². The second kappa shape index (κ2) is 12.2. The minimum absolute atomic E-state index is 0.266. The van der Waals surface area contributed by atoms with Crippen LogP contribution in [0.4, 0.5) is 0 Å². The van der Waals surface area contributed by atoms with Crippen LogP contribution in [-0.4, -0.2) is 105 Å². The number of hydrogen-bond acceptors (Lipinski definition) is 6. The van der Waals surface area contributed by atoms with E-state index in [-0.39, 0.29) is 5.91 Å². The number of hydrogen-bond donors (Lipinski definition) is 0. The molecule has 2 heterocycles. The highest BCUT2D eigenvalue weighted by molar-refractivity contribution is 5.78. The minimum atomic E-state index is 0.266. The summed E-state index contributed by atoms with van der Waals surface area (Å²) < 4.78 is 10.8. The number of carbonyl (C=O) groups is 1. The number of amides is 1. The molecular weight excluding hydrogens is 428 g/mol. The summed E-state index contributed by atoms with van der Waals surface area (Å²) in [6.07, 6.45) is 1.02. The zero-order valence-corrected chi connectivity index (χ0v) is 20.6. The fourth-order valence-corrected chi connectivity index (χ4v) is 4.81. The van der Waals surface area contributed by atoms with Gasteiger partial charge in [0.05, 0.1) is 20.8 Å². The van der Waals surface area contributed by atoms with E-state index in [1.807, 2.05) is 23.1 Å². The van der Waals surface area contributed by atoms with Crippen molar-refractivity contribution in [2.45, 2.75) is 13.0 Å². The highest BCUT2D eigenvalue weighted by Crippen LogP contribution is 2.20. The van der Waals surface area contributed by atoms with Crippen LogP contribution in [-0.2, 0) is 17.8 Å². The van der Waals surface area contributed by atoms with Crippen LogP contribution in [0.25, 0.3) is 0 Å². The van der Waals surface area contributed by atoms with Crippen molar-refractivity contribution in [1.82, 2.24) is 19.6 Å². The Morgan fingerprint density at radius 2 is 1.50 bits per heavy atom. The molecule has 184 valence electrons. The smallest absolute Gasteiger partial charge is 0.236 e. The van der Waals surface area contributed by atoms with Gasteiger partial charge in [0.15, 0.2) is 0 Å². The molecule has 0 spiro atoms. The van der Waals surface area contributed by atoms with E-state index in [2.05, 4.69) is 45.0 Å². The average Bonchev–Trinajstić information content (AvgIpc) is 2.89. The van der Waals surface area contributed by atoms with Crippen LogP contribution in [0.3, 0.4) is 0 Å². The lowest BCUT2D eigenvalue weighted by molar-refractivity contribution is -0.134. The number of nitrogens with zero attached hydrogens (tertiary/aromatic N) is 4. The average molecular weight is 467 g/mol. The fourth-order valence-electron chi connectivity index (χ4n) is 4.81. The Morgan fingerprint density at radius 3 is 2.24 bits per heavy atom. The summed E-state index contributed by atoms with van der Waals surface area (Å²) in [4.78, 5) is 22.2. The fraction of sp³-hybridized carbons (Fsp3) is 0.519. The molecule has 0 aromatic heterocycles. The Kier molecular flexibility index (Phi) is 8.79. The van der Waals surface area contributed by atoms with Crippen LogP contribution < -0.4 is 9.47 Å². The van der Waals surface area contributed by atoms with Gasteiger partial charge in [0.25, 0.3) is 0 Å². The van der Waals surface area contributed by atoms with Crippen LogP contribution in [0.15, 0.2) is 48.5 Å². The predicted molar refractivity (Wildman–Crippen MR) is 134 cm³/mol. The molecule has 1 amide bonds. The van der Waals surface area contributed by atoms with Crippen molar-refractivity contribution in [3.63, 3.8) is 0 Å². The molecule has 0 unspecified atom stereocenters. The van der Waals surface area contributed by atoms with Crippen LogP contribution in [0, 0.1) is 0 Å². The quantitative estimate of drug-likeness (QED) is 0.565. The molecule has 2 saturated heterocycles. The van der Waals surface area contributed by atoms with Crippen LogP contribution >= 0.6 is 0 Å². The zero-order chi connectivity index (χ0) is 23.8. The Bertz CT molecular complexity index is 922. The van der Waals surface area contributed by atoms with Gasteiger partial charge in [-0.05, 0) is 30.2 Å². The maximum atomic E-state index is 12.9. The third-order valence-electron chi connectivity index (χ3n) is 6.99. The van der Waals surface area contributed by atoms with Crippen molar-refractivity contribution in [3.8, 4) is 11.5 Å². The molecule has 2 aromatic carbocycles. The summed E-state index contributed by atoms with van der Waals surface area (Å²) in [6, 6.07) is 16.5. The molecule has 2 fully saturated rings. The summed E-state index contributed by atoms with van der Waals surface area (Å²) >= 11 is 0. The van der Waals surface area contributed by atoms with Gasteiger partial charge in [0, 0.05) is 71.0 Å². The summed E-state index contributed by atoms with van der Waals surface area (Å²) in [5.74, 6) is 2.12. The molecule has 0 bridgehead atoms. The largest absolute Gasteiger partial charge is 0.497 e. The standard InChI is InChI=1S/C27H38N4O3/c1-33-25-8-5-6-23(20-25)10-11-28-12-14-30(15-13-28)22-27(32)31-18-16-29(17-19-31)21-24-7-3-4-9-26(24)34-2/h3-9,20H,10-19,21-22H2,1-2H3.